The van der Waals surface area contributed by atoms with Gasteiger partial charge in [0, 0.05) is 5.92 Å². The van der Waals surface area contributed by atoms with E-state index in [4.69, 9.17) is 10.2 Å². The second-order valence-corrected chi connectivity index (χ2v) is 4.19. The Balaban J connectivity index is 2.25. The van der Waals surface area contributed by atoms with E-state index in [9.17, 15) is 0 Å². The minimum absolute atomic E-state index is 0.264. The molecule has 0 aliphatic heterocycles. The number of benzene rings is 2. The summed E-state index contributed by atoms with van der Waals surface area (Å²) in [6.45, 7) is 1.79. The first kappa shape index (κ1) is 11.8. The molecule has 0 saturated carbocycles. The zero-order chi connectivity index (χ0) is 12.3. The Labute approximate surface area is 101 Å². The fourth-order valence-corrected chi connectivity index (χ4v) is 1.78. The number of rotatable bonds is 3. The smallest absolute Gasteiger partial charge is 0.158 e. The molecule has 2 nitrogen and oxygen atoms in total. The number of aliphatic hydroxyl groups is 2. The summed E-state index contributed by atoms with van der Waals surface area (Å²) in [5.41, 5.74) is 3.23. The molecule has 1 unspecified atom stereocenters. The van der Waals surface area contributed by atoms with Crippen LogP contribution in [0.25, 0.3) is 11.1 Å². The maximum Gasteiger partial charge on any atom is 0.158 e. The van der Waals surface area contributed by atoms with Crippen molar-refractivity contribution in [2.24, 2.45) is 0 Å². The van der Waals surface area contributed by atoms with Crippen LogP contribution in [-0.2, 0) is 0 Å². The Bertz CT molecular complexity index is 460. The lowest BCUT2D eigenvalue weighted by Gasteiger charge is -2.14. The Hall–Kier alpha value is -1.64. The number of hydrogen-bond acceptors (Lipinski definition) is 2. The lowest BCUT2D eigenvalue weighted by Crippen LogP contribution is -2.14. The Morgan fingerprint density at radius 2 is 1.29 bits per heavy atom. The predicted molar refractivity (Wildman–Crippen MR) is 68.5 cm³/mol. The number of aliphatic hydroxyl groups excluding tert-OH is 1. The first-order chi connectivity index (χ1) is 8.18. The first-order valence-corrected chi connectivity index (χ1v) is 5.70. The van der Waals surface area contributed by atoms with Crippen LogP contribution < -0.4 is 0 Å². The average Bonchev–Trinajstić information content (AvgIpc) is 2.39. The molecule has 0 fully saturated rings. The summed E-state index contributed by atoms with van der Waals surface area (Å²) >= 11 is 0. The van der Waals surface area contributed by atoms with Gasteiger partial charge in [-0.3, -0.25) is 0 Å². The van der Waals surface area contributed by atoms with Crippen LogP contribution in [0.5, 0.6) is 0 Å². The van der Waals surface area contributed by atoms with Gasteiger partial charge in [0.25, 0.3) is 0 Å². The molecule has 2 rings (SSSR count). The molecule has 0 spiro atoms. The molecule has 0 radical (unpaired) electrons. The molecular weight excluding hydrogens is 212 g/mol. The van der Waals surface area contributed by atoms with E-state index in [1.165, 1.54) is 0 Å². The molecule has 0 aliphatic carbocycles. The van der Waals surface area contributed by atoms with E-state index in [1.54, 1.807) is 6.92 Å². The SMILES string of the molecule is CC(c1ccc(-c2ccccc2)cc1)C(O)O. The van der Waals surface area contributed by atoms with E-state index >= 15 is 0 Å². The molecule has 88 valence electrons. The Morgan fingerprint density at radius 3 is 1.82 bits per heavy atom. The van der Waals surface area contributed by atoms with Gasteiger partial charge in [-0.2, -0.15) is 0 Å². The van der Waals surface area contributed by atoms with Crippen molar-refractivity contribution in [2.75, 3.05) is 0 Å². The molecule has 2 aromatic rings. The minimum atomic E-state index is -1.31. The van der Waals surface area contributed by atoms with E-state index in [0.29, 0.717) is 0 Å². The topological polar surface area (TPSA) is 40.5 Å². The molecule has 0 amide bonds. The van der Waals surface area contributed by atoms with Crippen molar-refractivity contribution in [2.45, 2.75) is 19.1 Å². The summed E-state index contributed by atoms with van der Waals surface area (Å²) in [4.78, 5) is 0. The summed E-state index contributed by atoms with van der Waals surface area (Å²) in [5, 5.41) is 18.2. The van der Waals surface area contributed by atoms with Crippen LogP contribution in [0.15, 0.2) is 54.6 Å². The van der Waals surface area contributed by atoms with Gasteiger partial charge < -0.3 is 10.2 Å². The highest BCUT2D eigenvalue weighted by Crippen LogP contribution is 2.23. The van der Waals surface area contributed by atoms with Crippen LogP contribution in [-0.4, -0.2) is 16.5 Å². The van der Waals surface area contributed by atoms with Crippen molar-refractivity contribution >= 4 is 0 Å². The van der Waals surface area contributed by atoms with Gasteiger partial charge in [0.15, 0.2) is 6.29 Å². The molecule has 0 saturated heterocycles. The zero-order valence-corrected chi connectivity index (χ0v) is 9.75. The summed E-state index contributed by atoms with van der Waals surface area (Å²) in [6, 6.07) is 18.0. The van der Waals surface area contributed by atoms with Crippen LogP contribution in [0, 0.1) is 0 Å². The van der Waals surface area contributed by atoms with Gasteiger partial charge in [-0.1, -0.05) is 61.5 Å². The summed E-state index contributed by atoms with van der Waals surface area (Å²) < 4.78 is 0. The molecule has 0 heterocycles. The van der Waals surface area contributed by atoms with Gasteiger partial charge in [-0.15, -0.1) is 0 Å². The third-order valence-corrected chi connectivity index (χ3v) is 2.99. The molecule has 0 bridgehead atoms. The third-order valence-electron chi connectivity index (χ3n) is 2.99. The van der Waals surface area contributed by atoms with E-state index in [-0.39, 0.29) is 5.92 Å². The summed E-state index contributed by atoms with van der Waals surface area (Å²) in [5.74, 6) is -0.264. The maximum atomic E-state index is 9.12. The van der Waals surface area contributed by atoms with Crippen LogP contribution in [0.4, 0.5) is 0 Å². The van der Waals surface area contributed by atoms with Crippen molar-refractivity contribution < 1.29 is 10.2 Å². The Kier molecular flexibility index (Phi) is 3.57. The molecular formula is C15H16O2. The van der Waals surface area contributed by atoms with Crippen molar-refractivity contribution in [3.05, 3.63) is 60.2 Å². The standard InChI is InChI=1S/C15H16O2/c1-11(15(16)17)12-7-9-14(10-8-12)13-5-3-2-4-6-13/h2-11,15-17H,1H3. The third kappa shape index (κ3) is 2.73. The van der Waals surface area contributed by atoms with Crippen molar-refractivity contribution in [3.8, 4) is 11.1 Å². The summed E-state index contributed by atoms with van der Waals surface area (Å²) in [7, 11) is 0. The van der Waals surface area contributed by atoms with E-state index in [1.807, 2.05) is 42.5 Å². The van der Waals surface area contributed by atoms with Crippen LogP contribution >= 0.6 is 0 Å². The largest absolute Gasteiger partial charge is 0.368 e. The van der Waals surface area contributed by atoms with E-state index in [0.717, 1.165) is 16.7 Å². The second kappa shape index (κ2) is 5.13. The van der Waals surface area contributed by atoms with Crippen LogP contribution in [0.2, 0.25) is 0 Å². The van der Waals surface area contributed by atoms with Crippen LogP contribution in [0.1, 0.15) is 18.4 Å². The highest BCUT2D eigenvalue weighted by atomic mass is 16.5. The van der Waals surface area contributed by atoms with Gasteiger partial charge in [-0.25, -0.2) is 0 Å². The van der Waals surface area contributed by atoms with Gasteiger partial charge in [0.05, 0.1) is 0 Å². The molecule has 0 aliphatic rings. The van der Waals surface area contributed by atoms with Gasteiger partial charge in [0.1, 0.15) is 0 Å². The normalized spacial score (nSPS) is 12.7. The van der Waals surface area contributed by atoms with Crippen LogP contribution in [0.3, 0.4) is 0 Å². The minimum Gasteiger partial charge on any atom is -0.368 e. The van der Waals surface area contributed by atoms with Crippen molar-refractivity contribution in [1.82, 2.24) is 0 Å². The van der Waals surface area contributed by atoms with Crippen molar-refractivity contribution in [3.63, 3.8) is 0 Å². The predicted octanol–water partition coefficient (Wildman–Crippen LogP) is 2.77. The van der Waals surface area contributed by atoms with E-state index in [2.05, 4.69) is 12.1 Å². The molecule has 2 aromatic carbocycles. The highest BCUT2D eigenvalue weighted by Gasteiger charge is 2.12. The average molecular weight is 228 g/mol. The second-order valence-electron chi connectivity index (χ2n) is 4.19. The van der Waals surface area contributed by atoms with Gasteiger partial charge in [-0.05, 0) is 16.7 Å². The zero-order valence-electron chi connectivity index (χ0n) is 9.75. The lowest BCUT2D eigenvalue weighted by molar-refractivity contribution is -0.0561. The molecule has 1 atom stereocenters. The quantitative estimate of drug-likeness (QED) is 0.793. The molecule has 0 aromatic heterocycles. The highest BCUT2D eigenvalue weighted by molar-refractivity contribution is 5.63. The van der Waals surface area contributed by atoms with Crippen molar-refractivity contribution in [1.29, 1.82) is 0 Å². The molecule has 17 heavy (non-hydrogen) atoms. The fraction of sp³-hybridized carbons (Fsp3) is 0.200. The Morgan fingerprint density at radius 1 is 0.765 bits per heavy atom. The molecule has 2 heteroatoms. The maximum absolute atomic E-state index is 9.12. The first-order valence-electron chi connectivity index (χ1n) is 5.70. The molecule has 2 N–H and O–H groups in total. The van der Waals surface area contributed by atoms with Gasteiger partial charge >= 0.3 is 0 Å². The monoisotopic (exact) mass is 228 g/mol. The fourth-order valence-electron chi connectivity index (χ4n) is 1.78. The summed E-state index contributed by atoms with van der Waals surface area (Å²) in [6.07, 6.45) is -1.31. The number of hydrogen-bond donors (Lipinski definition) is 2. The lowest BCUT2D eigenvalue weighted by atomic mass is 9.97. The van der Waals surface area contributed by atoms with E-state index < -0.39 is 6.29 Å². The van der Waals surface area contributed by atoms with Gasteiger partial charge in [0.2, 0.25) is 0 Å².